The molecule has 1 aromatic carbocycles. The second-order valence-electron chi connectivity index (χ2n) is 5.10. The van der Waals surface area contributed by atoms with Crippen molar-refractivity contribution in [3.8, 4) is 0 Å². The lowest BCUT2D eigenvalue weighted by Crippen LogP contribution is -2.43. The van der Waals surface area contributed by atoms with Crippen molar-refractivity contribution in [2.24, 2.45) is 11.8 Å². The van der Waals surface area contributed by atoms with E-state index in [0.29, 0.717) is 26.0 Å². The molecule has 0 heterocycles. The van der Waals surface area contributed by atoms with E-state index in [1.165, 1.54) is 0 Å². The fourth-order valence-corrected chi connectivity index (χ4v) is 2.43. The fraction of sp³-hybridized carbons (Fsp3) is 0.467. The zero-order valence-electron chi connectivity index (χ0n) is 11.5. The van der Waals surface area contributed by atoms with Gasteiger partial charge in [-0.05, 0) is 24.0 Å². The third-order valence-corrected chi connectivity index (χ3v) is 3.70. The Bertz CT molecular complexity index is 500. The van der Waals surface area contributed by atoms with Crippen molar-refractivity contribution in [3.63, 3.8) is 0 Å². The number of hydrogen-bond acceptors (Lipinski definition) is 3. The highest BCUT2D eigenvalue weighted by atomic mass is 16.5. The average Bonchev–Trinajstić information content (AvgIpc) is 2.35. The van der Waals surface area contributed by atoms with E-state index in [4.69, 9.17) is 9.84 Å². The van der Waals surface area contributed by atoms with E-state index in [2.05, 4.69) is 5.32 Å². The van der Waals surface area contributed by atoms with Gasteiger partial charge in [-0.3, -0.25) is 9.59 Å². The lowest BCUT2D eigenvalue weighted by atomic mass is 9.73. The molecule has 1 aliphatic rings. The minimum Gasteiger partial charge on any atom is -0.481 e. The highest BCUT2D eigenvalue weighted by Crippen LogP contribution is 2.34. The first-order chi connectivity index (χ1) is 9.61. The van der Waals surface area contributed by atoms with Crippen molar-refractivity contribution in [1.82, 2.24) is 5.32 Å². The summed E-state index contributed by atoms with van der Waals surface area (Å²) < 4.78 is 5.06. The zero-order valence-corrected chi connectivity index (χ0v) is 11.5. The number of carboxylic acids is 1. The van der Waals surface area contributed by atoms with E-state index in [1.807, 2.05) is 24.3 Å². The van der Waals surface area contributed by atoms with Crippen LogP contribution in [0.4, 0.5) is 0 Å². The maximum absolute atomic E-state index is 11.9. The number of carbonyl (C=O) groups excluding carboxylic acids is 1. The van der Waals surface area contributed by atoms with Crippen molar-refractivity contribution in [2.45, 2.75) is 26.0 Å². The van der Waals surface area contributed by atoms with Crippen LogP contribution in [0, 0.1) is 11.8 Å². The quantitative estimate of drug-likeness (QED) is 0.827. The summed E-state index contributed by atoms with van der Waals surface area (Å²) in [4.78, 5) is 22.8. The van der Waals surface area contributed by atoms with Gasteiger partial charge in [0, 0.05) is 13.7 Å². The van der Waals surface area contributed by atoms with Crippen LogP contribution in [-0.4, -0.2) is 24.1 Å². The first-order valence-corrected chi connectivity index (χ1v) is 6.69. The summed E-state index contributed by atoms with van der Waals surface area (Å²) in [6.45, 7) is 0.949. The van der Waals surface area contributed by atoms with E-state index >= 15 is 0 Å². The number of carbonyl (C=O) groups is 2. The summed E-state index contributed by atoms with van der Waals surface area (Å²) in [5.74, 6) is -1.94. The SMILES string of the molecule is COCc1cccc(CNC(=O)C2CCC2C(=O)O)c1. The van der Waals surface area contributed by atoms with E-state index < -0.39 is 11.9 Å². The minimum absolute atomic E-state index is 0.166. The smallest absolute Gasteiger partial charge is 0.307 e. The Morgan fingerprint density at radius 3 is 2.60 bits per heavy atom. The summed E-state index contributed by atoms with van der Waals surface area (Å²) >= 11 is 0. The van der Waals surface area contributed by atoms with Gasteiger partial charge in [0.1, 0.15) is 0 Å². The van der Waals surface area contributed by atoms with Gasteiger partial charge in [0.05, 0.1) is 18.4 Å². The Morgan fingerprint density at radius 2 is 2.00 bits per heavy atom. The molecule has 108 valence electrons. The number of amides is 1. The molecular formula is C15H19NO4. The van der Waals surface area contributed by atoms with Gasteiger partial charge >= 0.3 is 5.97 Å². The zero-order chi connectivity index (χ0) is 14.5. The summed E-state index contributed by atoms with van der Waals surface area (Å²) in [5.41, 5.74) is 2.03. The van der Waals surface area contributed by atoms with Gasteiger partial charge in [-0.25, -0.2) is 0 Å². The molecule has 1 aromatic rings. The van der Waals surface area contributed by atoms with Crippen molar-refractivity contribution in [2.75, 3.05) is 7.11 Å². The van der Waals surface area contributed by atoms with Gasteiger partial charge in [0.2, 0.25) is 5.91 Å². The molecule has 2 atom stereocenters. The molecule has 0 saturated heterocycles. The molecule has 0 aliphatic heterocycles. The van der Waals surface area contributed by atoms with Crippen LogP contribution in [0.25, 0.3) is 0 Å². The molecule has 0 aromatic heterocycles. The number of rotatable bonds is 6. The van der Waals surface area contributed by atoms with Gasteiger partial charge in [-0.1, -0.05) is 24.3 Å². The highest BCUT2D eigenvalue weighted by molar-refractivity contribution is 5.86. The molecule has 1 saturated carbocycles. The molecular weight excluding hydrogens is 258 g/mol. The van der Waals surface area contributed by atoms with E-state index in [0.717, 1.165) is 11.1 Å². The number of hydrogen-bond donors (Lipinski definition) is 2. The van der Waals surface area contributed by atoms with Crippen LogP contribution in [0.1, 0.15) is 24.0 Å². The molecule has 5 heteroatoms. The third kappa shape index (κ3) is 3.36. The standard InChI is InChI=1S/C15H19NO4/c1-20-9-11-4-2-3-10(7-11)8-16-14(17)12-5-6-13(12)15(18)19/h2-4,7,12-13H,5-6,8-9H2,1H3,(H,16,17)(H,18,19). The van der Waals surface area contributed by atoms with Gasteiger partial charge in [0.15, 0.2) is 0 Å². The Kier molecular flexibility index (Phi) is 4.74. The lowest BCUT2D eigenvalue weighted by Gasteiger charge is -2.31. The van der Waals surface area contributed by atoms with E-state index in [-0.39, 0.29) is 11.8 Å². The molecule has 0 spiro atoms. The Balaban J connectivity index is 1.87. The molecule has 2 N–H and O–H groups in total. The molecule has 1 aliphatic carbocycles. The van der Waals surface area contributed by atoms with Crippen molar-refractivity contribution in [1.29, 1.82) is 0 Å². The van der Waals surface area contributed by atoms with E-state index in [9.17, 15) is 9.59 Å². The highest BCUT2D eigenvalue weighted by Gasteiger charge is 2.41. The van der Waals surface area contributed by atoms with Gasteiger partial charge < -0.3 is 15.2 Å². The van der Waals surface area contributed by atoms with Crippen LogP contribution < -0.4 is 5.32 Å². The summed E-state index contributed by atoms with van der Waals surface area (Å²) in [6.07, 6.45) is 1.25. The van der Waals surface area contributed by atoms with Crippen LogP contribution in [0.5, 0.6) is 0 Å². The number of carboxylic acid groups (broad SMARTS) is 1. The predicted molar refractivity (Wildman–Crippen MR) is 72.9 cm³/mol. The predicted octanol–water partition coefficient (Wildman–Crippen LogP) is 1.56. The van der Waals surface area contributed by atoms with Crippen LogP contribution in [0.3, 0.4) is 0 Å². The Hall–Kier alpha value is -1.88. The van der Waals surface area contributed by atoms with Gasteiger partial charge in [0.25, 0.3) is 0 Å². The van der Waals surface area contributed by atoms with E-state index in [1.54, 1.807) is 7.11 Å². The topological polar surface area (TPSA) is 75.6 Å². The van der Waals surface area contributed by atoms with Gasteiger partial charge in [-0.2, -0.15) is 0 Å². The second-order valence-corrected chi connectivity index (χ2v) is 5.10. The van der Waals surface area contributed by atoms with Crippen LogP contribution in [-0.2, 0) is 27.5 Å². The number of nitrogens with one attached hydrogen (secondary N) is 1. The van der Waals surface area contributed by atoms with Crippen LogP contribution in [0.2, 0.25) is 0 Å². The average molecular weight is 277 g/mol. The van der Waals surface area contributed by atoms with Crippen LogP contribution in [0.15, 0.2) is 24.3 Å². The molecule has 2 unspecified atom stereocenters. The normalized spacial score (nSPS) is 21.1. The number of aliphatic carboxylic acids is 1. The summed E-state index contributed by atoms with van der Waals surface area (Å²) in [5, 5.41) is 11.8. The molecule has 20 heavy (non-hydrogen) atoms. The summed E-state index contributed by atoms with van der Waals surface area (Å²) in [7, 11) is 1.64. The van der Waals surface area contributed by atoms with Crippen molar-refractivity contribution >= 4 is 11.9 Å². The first kappa shape index (κ1) is 14.5. The Labute approximate surface area is 117 Å². The summed E-state index contributed by atoms with van der Waals surface area (Å²) in [6, 6.07) is 7.77. The fourth-order valence-electron chi connectivity index (χ4n) is 2.43. The number of methoxy groups -OCH3 is 1. The van der Waals surface area contributed by atoms with Gasteiger partial charge in [-0.15, -0.1) is 0 Å². The molecule has 0 bridgehead atoms. The first-order valence-electron chi connectivity index (χ1n) is 6.69. The molecule has 5 nitrogen and oxygen atoms in total. The molecule has 1 amide bonds. The molecule has 0 radical (unpaired) electrons. The number of ether oxygens (including phenoxy) is 1. The van der Waals surface area contributed by atoms with Crippen molar-refractivity contribution < 1.29 is 19.4 Å². The lowest BCUT2D eigenvalue weighted by molar-refractivity contribution is -0.152. The molecule has 1 fully saturated rings. The monoisotopic (exact) mass is 277 g/mol. The van der Waals surface area contributed by atoms with Crippen LogP contribution >= 0.6 is 0 Å². The minimum atomic E-state index is -0.876. The largest absolute Gasteiger partial charge is 0.481 e. The maximum Gasteiger partial charge on any atom is 0.307 e. The van der Waals surface area contributed by atoms with Crippen molar-refractivity contribution in [3.05, 3.63) is 35.4 Å². The molecule has 2 rings (SSSR count). The number of benzene rings is 1. The Morgan fingerprint density at radius 1 is 1.30 bits per heavy atom. The second kappa shape index (κ2) is 6.52. The maximum atomic E-state index is 11.9. The third-order valence-electron chi connectivity index (χ3n) is 3.70.